The van der Waals surface area contributed by atoms with Gasteiger partial charge < -0.3 is 5.11 Å². The van der Waals surface area contributed by atoms with Gasteiger partial charge >= 0.3 is 29.6 Å². The number of amides is 1. The first kappa shape index (κ1) is 24.0. The van der Waals surface area contributed by atoms with Crippen molar-refractivity contribution in [1.29, 1.82) is 0 Å². The number of benzene rings is 2. The Hall–Kier alpha value is -2.25. The molecule has 1 amide bonds. The van der Waals surface area contributed by atoms with Crippen molar-refractivity contribution in [3.63, 3.8) is 0 Å². The molecule has 2 aromatic carbocycles. The van der Waals surface area contributed by atoms with E-state index in [0.717, 1.165) is 11.1 Å². The van der Waals surface area contributed by atoms with Crippen LogP contribution in [0.4, 0.5) is 0 Å². The quantitative estimate of drug-likeness (QED) is 0.407. The zero-order valence-corrected chi connectivity index (χ0v) is 19.9. The molecule has 0 saturated heterocycles. The first-order valence-corrected chi connectivity index (χ1v) is 11.0. The van der Waals surface area contributed by atoms with Gasteiger partial charge in [0, 0.05) is 5.88 Å². The zero-order valence-electron chi connectivity index (χ0n) is 16.2. The van der Waals surface area contributed by atoms with Crippen LogP contribution >= 0.6 is 0 Å². The molecule has 0 radical (unpaired) electrons. The number of rotatable bonds is 5. The van der Waals surface area contributed by atoms with Crippen LogP contribution in [0.2, 0.25) is 0 Å². The molecule has 0 aliphatic carbocycles. The zero-order chi connectivity index (χ0) is 21.4. The molecule has 0 atom stereocenters. The second-order valence-electron chi connectivity index (χ2n) is 6.15. The third-order valence-electron chi connectivity index (χ3n) is 3.92. The molecule has 3 aromatic rings. The van der Waals surface area contributed by atoms with Gasteiger partial charge in [-0.2, -0.15) is 8.42 Å². The summed E-state index contributed by atoms with van der Waals surface area (Å²) >= 11 is 0. The molecule has 0 aliphatic heterocycles. The molecule has 30 heavy (non-hydrogen) atoms. The van der Waals surface area contributed by atoms with Crippen LogP contribution in [-0.4, -0.2) is 37.1 Å². The average molecular weight is 458 g/mol. The minimum absolute atomic E-state index is 0. The SMILES string of the molecule is Cc1ccc(S(=O)(=O)NC(=O)c2nnn(S(=O)(=O)c3ccc(C)cc3)c2[O-])cc1.[Na+]. The van der Waals surface area contributed by atoms with E-state index in [9.17, 15) is 26.7 Å². The summed E-state index contributed by atoms with van der Waals surface area (Å²) in [6.45, 7) is 3.51. The first-order valence-electron chi connectivity index (χ1n) is 8.11. The number of aryl methyl sites for hydroxylation is 2. The Kier molecular flexibility index (Phi) is 7.09. The van der Waals surface area contributed by atoms with Gasteiger partial charge in [0.15, 0.2) is 5.69 Å². The molecule has 13 heteroatoms. The van der Waals surface area contributed by atoms with Crippen molar-refractivity contribution in [3.8, 4) is 5.88 Å². The fourth-order valence-electron chi connectivity index (χ4n) is 2.32. The van der Waals surface area contributed by atoms with Gasteiger partial charge in [0.2, 0.25) is 0 Å². The van der Waals surface area contributed by atoms with Crippen molar-refractivity contribution in [1.82, 2.24) is 19.1 Å². The summed E-state index contributed by atoms with van der Waals surface area (Å²) in [5, 5.41) is 18.9. The monoisotopic (exact) mass is 458 g/mol. The van der Waals surface area contributed by atoms with Crippen LogP contribution in [0.1, 0.15) is 21.6 Å². The number of hydrogen-bond acceptors (Lipinski definition) is 8. The summed E-state index contributed by atoms with van der Waals surface area (Å²) in [5.41, 5.74) is 0.643. The van der Waals surface area contributed by atoms with Gasteiger partial charge in [-0.05, 0) is 38.1 Å². The Morgan fingerprint density at radius 2 is 1.37 bits per heavy atom. The van der Waals surface area contributed by atoms with Gasteiger partial charge in [0.1, 0.15) is 0 Å². The van der Waals surface area contributed by atoms with E-state index < -0.39 is 37.5 Å². The van der Waals surface area contributed by atoms with Crippen molar-refractivity contribution in [2.75, 3.05) is 0 Å². The Balaban J connectivity index is 0.00000320. The summed E-state index contributed by atoms with van der Waals surface area (Å²) in [7, 11) is -8.69. The van der Waals surface area contributed by atoms with E-state index in [1.807, 2.05) is 0 Å². The van der Waals surface area contributed by atoms with E-state index in [2.05, 4.69) is 10.3 Å². The smallest absolute Gasteiger partial charge is 0.856 e. The van der Waals surface area contributed by atoms with Crippen LogP contribution in [0.3, 0.4) is 0 Å². The van der Waals surface area contributed by atoms with Crippen LogP contribution in [0, 0.1) is 13.8 Å². The average Bonchev–Trinajstić information content (AvgIpc) is 3.04. The normalized spacial score (nSPS) is 11.5. The molecule has 10 nitrogen and oxygen atoms in total. The largest absolute Gasteiger partial charge is 1.00 e. The molecule has 1 N–H and O–H groups in total. The molecule has 0 aliphatic rings. The number of aromatic nitrogens is 3. The van der Waals surface area contributed by atoms with Crippen molar-refractivity contribution >= 4 is 26.0 Å². The van der Waals surface area contributed by atoms with Gasteiger partial charge in [0.05, 0.1) is 9.79 Å². The molecule has 0 fully saturated rings. The molecule has 0 unspecified atom stereocenters. The molecule has 3 rings (SSSR count). The maximum Gasteiger partial charge on any atom is 1.00 e. The molecule has 1 heterocycles. The van der Waals surface area contributed by atoms with E-state index >= 15 is 0 Å². The molecular weight excluding hydrogens is 443 g/mol. The molecule has 1 aromatic heterocycles. The molecular formula is C17H15N4NaO6S2. The first-order chi connectivity index (χ1) is 13.5. The Morgan fingerprint density at radius 3 is 1.87 bits per heavy atom. The topological polar surface area (TPSA) is 151 Å². The van der Waals surface area contributed by atoms with E-state index in [-0.39, 0.29) is 43.4 Å². The second-order valence-corrected chi connectivity index (χ2v) is 9.60. The maximum absolute atomic E-state index is 12.6. The van der Waals surface area contributed by atoms with Crippen molar-refractivity contribution in [2.45, 2.75) is 23.6 Å². The van der Waals surface area contributed by atoms with Crippen LogP contribution in [0.15, 0.2) is 58.3 Å². The predicted molar refractivity (Wildman–Crippen MR) is 99.1 cm³/mol. The Morgan fingerprint density at radius 1 is 0.900 bits per heavy atom. The molecule has 152 valence electrons. The number of sulfonamides is 1. The van der Waals surface area contributed by atoms with Gasteiger partial charge in [-0.3, -0.25) is 4.79 Å². The number of hydrogen-bond donors (Lipinski definition) is 1. The van der Waals surface area contributed by atoms with E-state index in [4.69, 9.17) is 0 Å². The minimum Gasteiger partial charge on any atom is -0.856 e. The fourth-order valence-corrected chi connectivity index (χ4v) is 4.39. The van der Waals surface area contributed by atoms with Crippen LogP contribution in [-0.2, 0) is 20.0 Å². The van der Waals surface area contributed by atoms with Crippen molar-refractivity contribution in [2.24, 2.45) is 0 Å². The van der Waals surface area contributed by atoms with Gasteiger partial charge in [-0.15, -0.1) is 9.19 Å². The number of carbonyl (C=O) groups excluding carboxylic acids is 1. The third kappa shape index (κ3) is 4.73. The Labute approximate surface area is 195 Å². The number of carbonyl (C=O) groups is 1. The summed E-state index contributed by atoms with van der Waals surface area (Å²) in [4.78, 5) is 11.8. The summed E-state index contributed by atoms with van der Waals surface area (Å²) in [6.07, 6.45) is 0. The number of nitrogens with one attached hydrogen (secondary N) is 1. The van der Waals surface area contributed by atoms with Gasteiger partial charge in [-0.1, -0.05) is 40.6 Å². The van der Waals surface area contributed by atoms with Crippen LogP contribution in [0.5, 0.6) is 5.88 Å². The van der Waals surface area contributed by atoms with E-state index in [1.54, 1.807) is 18.6 Å². The predicted octanol–water partition coefficient (Wildman–Crippen LogP) is -2.67. The summed E-state index contributed by atoms with van der Waals surface area (Å²) in [5.74, 6) is -2.75. The number of nitrogens with zero attached hydrogens (tertiary/aromatic N) is 3. The van der Waals surface area contributed by atoms with Gasteiger partial charge in [-0.25, -0.2) is 13.1 Å². The standard InChI is InChI=1S/C17H16N4O6S2.Na/c1-11-3-7-13(8-4-11)28(24,25)19-16(22)15-17(23)21(20-18-15)29(26,27)14-9-5-12(2)6-10-14;/h3-10,23H,1-2H3,(H,19,22);/q;+1/p-1. The van der Waals surface area contributed by atoms with E-state index in [1.165, 1.54) is 48.5 Å². The summed E-state index contributed by atoms with van der Waals surface area (Å²) in [6, 6.07) is 11.2. The van der Waals surface area contributed by atoms with E-state index in [0.29, 0.717) is 0 Å². The van der Waals surface area contributed by atoms with Crippen molar-refractivity contribution < 1.29 is 56.3 Å². The molecule has 0 spiro atoms. The maximum atomic E-state index is 12.6. The Bertz CT molecular complexity index is 1290. The second kappa shape index (κ2) is 8.86. The molecule has 0 saturated carbocycles. The summed E-state index contributed by atoms with van der Waals surface area (Å²) < 4.78 is 51.4. The molecule has 0 bridgehead atoms. The van der Waals surface area contributed by atoms with Gasteiger partial charge in [0.25, 0.3) is 26.0 Å². The van der Waals surface area contributed by atoms with Crippen LogP contribution < -0.4 is 39.4 Å². The third-order valence-corrected chi connectivity index (χ3v) is 6.83. The fraction of sp³-hybridized carbons (Fsp3) is 0.118. The van der Waals surface area contributed by atoms with Crippen molar-refractivity contribution in [3.05, 3.63) is 65.4 Å². The van der Waals surface area contributed by atoms with Crippen LogP contribution in [0.25, 0.3) is 0 Å². The minimum atomic E-state index is -4.40.